The molecule has 4 nitrogen and oxygen atoms in total. The summed E-state index contributed by atoms with van der Waals surface area (Å²) < 4.78 is 1.75. The molecule has 1 rings (SSSR count). The zero-order valence-electron chi connectivity index (χ0n) is 8.82. The van der Waals surface area contributed by atoms with Gasteiger partial charge in [0.15, 0.2) is 0 Å². The molecular formula is C10H16N2O2. The summed E-state index contributed by atoms with van der Waals surface area (Å²) in [6, 6.07) is 0. The van der Waals surface area contributed by atoms with E-state index in [-0.39, 0.29) is 0 Å². The minimum atomic E-state index is -0.833. The lowest BCUT2D eigenvalue weighted by Gasteiger charge is -2.29. The molecule has 0 atom stereocenters. The number of aliphatic carboxylic acids is 1. The van der Waals surface area contributed by atoms with Crippen molar-refractivity contribution in [2.75, 3.05) is 0 Å². The summed E-state index contributed by atoms with van der Waals surface area (Å²) in [5.74, 6) is -0.0419. The summed E-state index contributed by atoms with van der Waals surface area (Å²) in [6.45, 7) is 5.59. The Morgan fingerprint density at radius 3 is 2.43 bits per heavy atom. The minimum absolute atomic E-state index is 0.566. The molecule has 0 radical (unpaired) electrons. The molecule has 0 fully saturated rings. The van der Waals surface area contributed by atoms with E-state index in [1.807, 2.05) is 20.8 Å². The van der Waals surface area contributed by atoms with E-state index in [4.69, 9.17) is 0 Å². The van der Waals surface area contributed by atoms with Crippen molar-refractivity contribution in [2.24, 2.45) is 0 Å². The van der Waals surface area contributed by atoms with Crippen molar-refractivity contribution in [3.05, 3.63) is 18.2 Å². The van der Waals surface area contributed by atoms with Crippen LogP contribution >= 0.6 is 0 Å². The van der Waals surface area contributed by atoms with Crippen molar-refractivity contribution < 1.29 is 9.90 Å². The number of aryl methyl sites for hydroxylation is 1. The van der Waals surface area contributed by atoms with Gasteiger partial charge in [0.25, 0.3) is 0 Å². The van der Waals surface area contributed by atoms with Crippen molar-refractivity contribution in [1.82, 2.24) is 9.55 Å². The van der Waals surface area contributed by atoms with Crippen LogP contribution in [0.1, 0.15) is 32.5 Å². The number of hydrogen-bond acceptors (Lipinski definition) is 2. The summed E-state index contributed by atoms with van der Waals surface area (Å²) in [7, 11) is 0. The number of imidazole rings is 1. The summed E-state index contributed by atoms with van der Waals surface area (Å²) in [6.07, 6.45) is 4.50. The molecule has 0 amide bonds. The van der Waals surface area contributed by atoms with Crippen LogP contribution in [-0.2, 0) is 10.3 Å². The van der Waals surface area contributed by atoms with Crippen LogP contribution in [0, 0.1) is 6.92 Å². The highest BCUT2D eigenvalue weighted by Gasteiger charge is 2.37. The second-order valence-corrected chi connectivity index (χ2v) is 3.39. The Bertz CT molecular complexity index is 327. The first kappa shape index (κ1) is 10.8. The zero-order chi connectivity index (χ0) is 10.8. The lowest BCUT2D eigenvalue weighted by molar-refractivity contribution is -0.148. The van der Waals surface area contributed by atoms with Crippen LogP contribution in [0.5, 0.6) is 0 Å². The van der Waals surface area contributed by atoms with Gasteiger partial charge in [-0.05, 0) is 19.8 Å². The summed E-state index contributed by atoms with van der Waals surface area (Å²) >= 11 is 0. The minimum Gasteiger partial charge on any atom is -0.479 e. The number of rotatable bonds is 4. The van der Waals surface area contributed by atoms with E-state index in [2.05, 4.69) is 4.98 Å². The van der Waals surface area contributed by atoms with Gasteiger partial charge >= 0.3 is 5.97 Å². The summed E-state index contributed by atoms with van der Waals surface area (Å²) in [5, 5.41) is 9.27. The molecule has 0 saturated heterocycles. The van der Waals surface area contributed by atoms with Crippen molar-refractivity contribution in [3.63, 3.8) is 0 Å². The molecule has 14 heavy (non-hydrogen) atoms. The van der Waals surface area contributed by atoms with E-state index in [1.54, 1.807) is 17.0 Å². The second kappa shape index (κ2) is 3.82. The van der Waals surface area contributed by atoms with Crippen molar-refractivity contribution >= 4 is 5.97 Å². The van der Waals surface area contributed by atoms with E-state index in [0.29, 0.717) is 12.8 Å². The van der Waals surface area contributed by atoms with Crippen LogP contribution < -0.4 is 0 Å². The molecular weight excluding hydrogens is 180 g/mol. The Kier molecular flexibility index (Phi) is 2.93. The number of hydrogen-bond donors (Lipinski definition) is 1. The molecule has 1 heterocycles. The van der Waals surface area contributed by atoms with E-state index < -0.39 is 11.5 Å². The number of aromatic nitrogens is 2. The maximum atomic E-state index is 11.3. The van der Waals surface area contributed by atoms with Gasteiger partial charge in [-0.1, -0.05) is 13.8 Å². The van der Waals surface area contributed by atoms with Gasteiger partial charge < -0.3 is 9.67 Å². The van der Waals surface area contributed by atoms with Gasteiger partial charge in [-0.25, -0.2) is 9.78 Å². The molecule has 0 bridgehead atoms. The molecule has 0 saturated carbocycles. The lowest BCUT2D eigenvalue weighted by atomic mass is 9.92. The third-order valence-electron chi connectivity index (χ3n) is 2.85. The van der Waals surface area contributed by atoms with Gasteiger partial charge in [0.05, 0.1) is 0 Å². The van der Waals surface area contributed by atoms with Gasteiger partial charge in [0.2, 0.25) is 0 Å². The molecule has 78 valence electrons. The summed E-state index contributed by atoms with van der Waals surface area (Å²) in [5.41, 5.74) is -0.833. The molecule has 0 aliphatic heterocycles. The van der Waals surface area contributed by atoms with Crippen LogP contribution in [0.3, 0.4) is 0 Å². The third kappa shape index (κ3) is 1.41. The Morgan fingerprint density at radius 1 is 1.57 bits per heavy atom. The SMILES string of the molecule is CCC(CC)(C(=O)O)n1ccnc1C. The number of carboxylic acids is 1. The quantitative estimate of drug-likeness (QED) is 0.798. The van der Waals surface area contributed by atoms with E-state index in [1.165, 1.54) is 0 Å². The molecule has 0 spiro atoms. The fourth-order valence-corrected chi connectivity index (χ4v) is 1.83. The number of carboxylic acid groups (broad SMARTS) is 1. The molecule has 1 aromatic rings. The van der Waals surface area contributed by atoms with E-state index in [0.717, 1.165) is 5.82 Å². The molecule has 0 aliphatic carbocycles. The van der Waals surface area contributed by atoms with Crippen molar-refractivity contribution in [1.29, 1.82) is 0 Å². The third-order valence-corrected chi connectivity index (χ3v) is 2.85. The first-order chi connectivity index (χ1) is 6.58. The average molecular weight is 196 g/mol. The number of nitrogens with zero attached hydrogens (tertiary/aromatic N) is 2. The predicted octanol–water partition coefficient (Wildman–Crippen LogP) is 1.79. The van der Waals surface area contributed by atoms with Crippen molar-refractivity contribution in [2.45, 2.75) is 39.2 Å². The molecule has 0 aromatic carbocycles. The number of carbonyl (C=O) groups is 1. The molecule has 4 heteroatoms. The van der Waals surface area contributed by atoms with Gasteiger partial charge in [-0.2, -0.15) is 0 Å². The first-order valence-electron chi connectivity index (χ1n) is 4.82. The van der Waals surface area contributed by atoms with Crippen LogP contribution in [0.2, 0.25) is 0 Å². The standard InChI is InChI=1S/C10H16N2O2/c1-4-10(5-2,9(13)14)12-7-6-11-8(12)3/h6-7H,4-5H2,1-3H3,(H,13,14). The second-order valence-electron chi connectivity index (χ2n) is 3.39. The maximum absolute atomic E-state index is 11.3. The molecule has 0 aliphatic rings. The largest absolute Gasteiger partial charge is 0.479 e. The zero-order valence-corrected chi connectivity index (χ0v) is 8.82. The average Bonchev–Trinajstić information content (AvgIpc) is 2.55. The molecule has 0 unspecified atom stereocenters. The summed E-state index contributed by atoms with van der Waals surface area (Å²) in [4.78, 5) is 15.3. The van der Waals surface area contributed by atoms with Crippen LogP contribution in [0.25, 0.3) is 0 Å². The normalized spacial score (nSPS) is 11.6. The smallest absolute Gasteiger partial charge is 0.329 e. The Labute approximate surface area is 83.6 Å². The van der Waals surface area contributed by atoms with Crippen LogP contribution in [-0.4, -0.2) is 20.6 Å². The highest BCUT2D eigenvalue weighted by Crippen LogP contribution is 2.26. The monoisotopic (exact) mass is 196 g/mol. The van der Waals surface area contributed by atoms with E-state index in [9.17, 15) is 9.90 Å². The van der Waals surface area contributed by atoms with Gasteiger partial charge in [0.1, 0.15) is 11.4 Å². The maximum Gasteiger partial charge on any atom is 0.329 e. The predicted molar refractivity (Wildman–Crippen MR) is 53.2 cm³/mol. The highest BCUT2D eigenvalue weighted by atomic mass is 16.4. The Morgan fingerprint density at radius 2 is 2.14 bits per heavy atom. The Balaban J connectivity index is 3.24. The van der Waals surface area contributed by atoms with Crippen molar-refractivity contribution in [3.8, 4) is 0 Å². The van der Waals surface area contributed by atoms with Crippen LogP contribution in [0.15, 0.2) is 12.4 Å². The van der Waals surface area contributed by atoms with E-state index >= 15 is 0 Å². The topological polar surface area (TPSA) is 55.1 Å². The molecule has 1 N–H and O–H groups in total. The van der Waals surface area contributed by atoms with Gasteiger partial charge in [-0.15, -0.1) is 0 Å². The van der Waals surface area contributed by atoms with Gasteiger partial charge in [0, 0.05) is 12.4 Å². The van der Waals surface area contributed by atoms with Gasteiger partial charge in [-0.3, -0.25) is 0 Å². The lowest BCUT2D eigenvalue weighted by Crippen LogP contribution is -2.41. The first-order valence-corrected chi connectivity index (χ1v) is 4.82. The fourth-order valence-electron chi connectivity index (χ4n) is 1.83. The van der Waals surface area contributed by atoms with Crippen LogP contribution in [0.4, 0.5) is 0 Å². The molecule has 1 aromatic heterocycles. The highest BCUT2D eigenvalue weighted by molar-refractivity contribution is 5.76. The Hall–Kier alpha value is -1.32. The fraction of sp³-hybridized carbons (Fsp3) is 0.600.